The Hall–Kier alpha value is -0.0700. The average Bonchev–Trinajstić information content (AvgIpc) is 2.46. The van der Waals surface area contributed by atoms with Crippen molar-refractivity contribution in [3.8, 4) is 0 Å². The van der Waals surface area contributed by atoms with Crippen molar-refractivity contribution in [2.24, 2.45) is 5.92 Å². The molecule has 1 amide bonds. The Morgan fingerprint density at radius 3 is 2.73 bits per heavy atom. The first-order valence-corrected chi connectivity index (χ1v) is 7.84. The van der Waals surface area contributed by atoms with Crippen molar-refractivity contribution in [3.05, 3.63) is 0 Å². The molecular formula is C15H31Cl2N3O2. The van der Waals surface area contributed by atoms with Crippen LogP contribution in [0, 0.1) is 5.92 Å². The predicted molar refractivity (Wildman–Crippen MR) is 94.2 cm³/mol. The summed E-state index contributed by atoms with van der Waals surface area (Å²) in [6.07, 6.45) is 2.24. The van der Waals surface area contributed by atoms with Gasteiger partial charge in [-0.15, -0.1) is 24.8 Å². The third kappa shape index (κ3) is 6.20. The Kier molecular flexibility index (Phi) is 9.90. The van der Waals surface area contributed by atoms with Crippen molar-refractivity contribution in [1.29, 1.82) is 0 Å². The van der Waals surface area contributed by atoms with E-state index in [0.717, 1.165) is 25.6 Å². The molecule has 2 N–H and O–H groups in total. The van der Waals surface area contributed by atoms with Crippen LogP contribution in [0.25, 0.3) is 0 Å². The van der Waals surface area contributed by atoms with E-state index in [2.05, 4.69) is 36.3 Å². The van der Waals surface area contributed by atoms with Crippen LogP contribution in [-0.4, -0.2) is 61.8 Å². The lowest BCUT2D eigenvalue weighted by atomic mass is 9.93. The zero-order chi connectivity index (χ0) is 14.6. The largest absolute Gasteiger partial charge is 0.366 e. The lowest BCUT2D eigenvalue weighted by molar-refractivity contribution is -0.134. The first kappa shape index (κ1) is 21.9. The second-order valence-corrected chi connectivity index (χ2v) is 6.79. The summed E-state index contributed by atoms with van der Waals surface area (Å²) in [5, 5.41) is 6.24. The first-order valence-electron chi connectivity index (χ1n) is 7.84. The van der Waals surface area contributed by atoms with Gasteiger partial charge in [0.25, 0.3) is 5.91 Å². The summed E-state index contributed by atoms with van der Waals surface area (Å²) in [6.45, 7) is 11.7. The van der Waals surface area contributed by atoms with Crippen molar-refractivity contribution in [3.63, 3.8) is 0 Å². The van der Waals surface area contributed by atoms with Gasteiger partial charge in [-0.2, -0.15) is 0 Å². The minimum Gasteiger partial charge on any atom is -0.366 e. The highest BCUT2D eigenvalue weighted by Gasteiger charge is 2.31. The van der Waals surface area contributed by atoms with E-state index in [1.54, 1.807) is 0 Å². The number of morpholine rings is 1. The molecule has 0 spiro atoms. The molecule has 5 nitrogen and oxygen atoms in total. The Morgan fingerprint density at radius 2 is 2.14 bits per heavy atom. The van der Waals surface area contributed by atoms with Gasteiger partial charge in [0.1, 0.15) is 6.10 Å². The van der Waals surface area contributed by atoms with Gasteiger partial charge in [0.2, 0.25) is 0 Å². The molecule has 2 rings (SSSR count). The maximum absolute atomic E-state index is 12.1. The Labute approximate surface area is 146 Å². The van der Waals surface area contributed by atoms with Gasteiger partial charge < -0.3 is 15.4 Å². The third-order valence-corrected chi connectivity index (χ3v) is 4.43. The van der Waals surface area contributed by atoms with Crippen LogP contribution < -0.4 is 10.6 Å². The molecule has 2 aliphatic rings. The number of likely N-dealkylation sites (tertiary alicyclic amines) is 1. The van der Waals surface area contributed by atoms with Gasteiger partial charge in [-0.05, 0) is 39.2 Å². The van der Waals surface area contributed by atoms with E-state index in [1.165, 1.54) is 12.8 Å². The summed E-state index contributed by atoms with van der Waals surface area (Å²) >= 11 is 0. The number of nitrogens with zero attached hydrogens (tertiary/aromatic N) is 1. The molecule has 0 bridgehead atoms. The molecule has 2 aliphatic heterocycles. The van der Waals surface area contributed by atoms with Crippen LogP contribution >= 0.6 is 24.8 Å². The Bertz CT molecular complexity index is 337. The van der Waals surface area contributed by atoms with E-state index in [1.807, 2.05) is 0 Å². The minimum atomic E-state index is -0.333. The highest BCUT2D eigenvalue weighted by atomic mass is 35.5. The number of rotatable bonds is 4. The quantitative estimate of drug-likeness (QED) is 0.801. The molecular weight excluding hydrogens is 325 g/mol. The van der Waals surface area contributed by atoms with Crippen molar-refractivity contribution >= 4 is 30.7 Å². The van der Waals surface area contributed by atoms with Crippen molar-refractivity contribution in [2.45, 2.75) is 45.3 Å². The lowest BCUT2D eigenvalue weighted by Crippen LogP contribution is -2.56. The van der Waals surface area contributed by atoms with E-state index < -0.39 is 0 Å². The van der Waals surface area contributed by atoms with Crippen molar-refractivity contribution in [1.82, 2.24) is 15.5 Å². The molecule has 0 aromatic heterocycles. The van der Waals surface area contributed by atoms with E-state index in [4.69, 9.17) is 4.74 Å². The highest BCUT2D eigenvalue weighted by molar-refractivity contribution is 5.85. The zero-order valence-electron chi connectivity index (χ0n) is 13.9. The molecule has 0 aromatic carbocycles. The number of hydrogen-bond acceptors (Lipinski definition) is 4. The molecule has 2 fully saturated rings. The Balaban J connectivity index is 0.00000220. The highest BCUT2D eigenvalue weighted by Crippen LogP contribution is 2.23. The smallest absolute Gasteiger partial charge is 0.250 e. The van der Waals surface area contributed by atoms with Gasteiger partial charge in [0.05, 0.1) is 6.61 Å². The standard InChI is InChI=1S/C15H29N3O2.2ClH/c1-12-5-4-7-18(10-12)15(2,3)11-17-14(19)13-9-16-6-8-20-13;;/h12-13,16H,4-11H2,1-3H3,(H,17,19);2*1H. The monoisotopic (exact) mass is 355 g/mol. The van der Waals surface area contributed by atoms with Gasteiger partial charge in [-0.3, -0.25) is 9.69 Å². The van der Waals surface area contributed by atoms with Crippen LogP contribution in [0.5, 0.6) is 0 Å². The van der Waals surface area contributed by atoms with Crippen LogP contribution in [0.4, 0.5) is 0 Å². The molecule has 0 radical (unpaired) electrons. The summed E-state index contributed by atoms with van der Waals surface area (Å²) in [6, 6.07) is 0. The van der Waals surface area contributed by atoms with Gasteiger partial charge >= 0.3 is 0 Å². The fourth-order valence-corrected chi connectivity index (χ4v) is 3.00. The summed E-state index contributed by atoms with van der Waals surface area (Å²) in [5.41, 5.74) is 0.00638. The van der Waals surface area contributed by atoms with E-state index in [-0.39, 0.29) is 42.4 Å². The zero-order valence-corrected chi connectivity index (χ0v) is 15.5. The number of carbonyl (C=O) groups excluding carboxylic acids is 1. The number of halogens is 2. The summed E-state index contributed by atoms with van der Waals surface area (Å²) < 4.78 is 5.48. The second-order valence-electron chi connectivity index (χ2n) is 6.79. The van der Waals surface area contributed by atoms with Crippen molar-refractivity contribution in [2.75, 3.05) is 39.3 Å². The fourth-order valence-electron chi connectivity index (χ4n) is 3.00. The lowest BCUT2D eigenvalue weighted by Gasteiger charge is -2.43. The minimum absolute atomic E-state index is 0. The summed E-state index contributed by atoms with van der Waals surface area (Å²) in [5.74, 6) is 0.764. The maximum atomic E-state index is 12.1. The number of nitrogens with one attached hydrogen (secondary N) is 2. The molecule has 2 atom stereocenters. The molecule has 22 heavy (non-hydrogen) atoms. The van der Waals surface area contributed by atoms with E-state index in [9.17, 15) is 4.79 Å². The molecule has 2 saturated heterocycles. The van der Waals surface area contributed by atoms with Crippen LogP contribution in [0.3, 0.4) is 0 Å². The number of carbonyl (C=O) groups is 1. The van der Waals surface area contributed by atoms with E-state index >= 15 is 0 Å². The number of amides is 1. The molecule has 0 aromatic rings. The number of ether oxygens (including phenoxy) is 1. The molecule has 2 unspecified atom stereocenters. The molecule has 0 saturated carbocycles. The topological polar surface area (TPSA) is 53.6 Å². The van der Waals surface area contributed by atoms with Crippen LogP contribution in [0.15, 0.2) is 0 Å². The summed E-state index contributed by atoms with van der Waals surface area (Å²) in [4.78, 5) is 14.6. The molecule has 2 heterocycles. The van der Waals surface area contributed by atoms with E-state index in [0.29, 0.717) is 19.7 Å². The number of piperidine rings is 1. The van der Waals surface area contributed by atoms with Crippen LogP contribution in [-0.2, 0) is 9.53 Å². The SMILES string of the molecule is CC1CCCN(C(C)(C)CNC(=O)C2CNCCO2)C1.Cl.Cl. The van der Waals surface area contributed by atoms with Gasteiger partial charge in [0, 0.05) is 31.7 Å². The van der Waals surface area contributed by atoms with Crippen molar-refractivity contribution < 1.29 is 9.53 Å². The van der Waals surface area contributed by atoms with Gasteiger partial charge in [-0.1, -0.05) is 6.92 Å². The molecule has 0 aliphatic carbocycles. The summed E-state index contributed by atoms with van der Waals surface area (Å²) in [7, 11) is 0. The third-order valence-electron chi connectivity index (χ3n) is 4.43. The van der Waals surface area contributed by atoms with Crippen LogP contribution in [0.1, 0.15) is 33.6 Å². The average molecular weight is 356 g/mol. The van der Waals surface area contributed by atoms with Crippen LogP contribution in [0.2, 0.25) is 0 Å². The van der Waals surface area contributed by atoms with Gasteiger partial charge in [0.15, 0.2) is 0 Å². The first-order chi connectivity index (χ1) is 9.49. The fraction of sp³-hybridized carbons (Fsp3) is 0.933. The maximum Gasteiger partial charge on any atom is 0.250 e. The number of hydrogen-bond donors (Lipinski definition) is 2. The Morgan fingerprint density at radius 1 is 1.41 bits per heavy atom. The molecule has 7 heteroatoms. The second kappa shape index (κ2) is 9.93. The predicted octanol–water partition coefficient (Wildman–Crippen LogP) is 1.45. The van der Waals surface area contributed by atoms with Gasteiger partial charge in [-0.25, -0.2) is 0 Å². The normalized spacial score (nSPS) is 26.5. The molecule has 132 valence electrons.